The largest absolute Gasteiger partial charge is 0.339 e. The molecule has 2 aromatic carbocycles. The molecular formula is C20H17BrFN3O2. The number of rotatable bonds is 3. The molecular weight excluding hydrogens is 413 g/mol. The van der Waals surface area contributed by atoms with E-state index in [1.54, 1.807) is 17.0 Å². The van der Waals surface area contributed by atoms with Gasteiger partial charge in [0.1, 0.15) is 5.82 Å². The van der Waals surface area contributed by atoms with Gasteiger partial charge in [0.2, 0.25) is 17.6 Å². The fraction of sp³-hybridized carbons (Fsp3) is 0.250. The van der Waals surface area contributed by atoms with Crippen molar-refractivity contribution in [3.8, 4) is 11.4 Å². The molecule has 7 heteroatoms. The minimum Gasteiger partial charge on any atom is -0.339 e. The first-order valence-electron chi connectivity index (χ1n) is 8.59. The quantitative estimate of drug-likeness (QED) is 0.601. The summed E-state index contributed by atoms with van der Waals surface area (Å²) in [5.74, 6) is 0.323. The molecule has 27 heavy (non-hydrogen) atoms. The summed E-state index contributed by atoms with van der Waals surface area (Å²) in [6.07, 6.45) is 0.322. The van der Waals surface area contributed by atoms with E-state index in [4.69, 9.17) is 4.52 Å². The Bertz CT molecular complexity index is 1030. The van der Waals surface area contributed by atoms with Crippen LogP contribution in [0.2, 0.25) is 0 Å². The molecule has 5 nitrogen and oxygen atoms in total. The van der Waals surface area contributed by atoms with Gasteiger partial charge in [0.15, 0.2) is 0 Å². The molecule has 1 amide bonds. The van der Waals surface area contributed by atoms with E-state index in [1.165, 1.54) is 6.07 Å². The summed E-state index contributed by atoms with van der Waals surface area (Å²) in [6, 6.07) is 10.5. The van der Waals surface area contributed by atoms with E-state index >= 15 is 0 Å². The third-order valence-electron chi connectivity index (χ3n) is 4.96. The lowest BCUT2D eigenvalue weighted by molar-refractivity contribution is -0.117. The van der Waals surface area contributed by atoms with Crippen LogP contribution in [0.4, 0.5) is 10.1 Å². The Morgan fingerprint density at radius 1 is 1.26 bits per heavy atom. The van der Waals surface area contributed by atoms with Gasteiger partial charge in [-0.2, -0.15) is 4.98 Å². The molecule has 1 aromatic heterocycles. The average molecular weight is 430 g/mol. The molecule has 1 saturated heterocycles. The third kappa shape index (κ3) is 3.27. The van der Waals surface area contributed by atoms with Crippen molar-refractivity contribution >= 4 is 27.5 Å². The molecule has 0 bridgehead atoms. The van der Waals surface area contributed by atoms with E-state index < -0.39 is 0 Å². The normalized spacial score (nSPS) is 17.0. The van der Waals surface area contributed by atoms with Crippen LogP contribution in [0.5, 0.6) is 0 Å². The van der Waals surface area contributed by atoms with Crippen molar-refractivity contribution in [2.24, 2.45) is 0 Å². The number of carbonyl (C=O) groups excluding carboxylic acids is 1. The van der Waals surface area contributed by atoms with E-state index in [9.17, 15) is 9.18 Å². The molecule has 4 rings (SSSR count). The lowest BCUT2D eigenvalue weighted by atomic mass is 10.1. The van der Waals surface area contributed by atoms with Gasteiger partial charge in [-0.1, -0.05) is 17.3 Å². The summed E-state index contributed by atoms with van der Waals surface area (Å²) in [7, 11) is 0. The van der Waals surface area contributed by atoms with Crippen LogP contribution < -0.4 is 4.90 Å². The second-order valence-electron chi connectivity index (χ2n) is 6.71. The van der Waals surface area contributed by atoms with Crippen LogP contribution in [0.1, 0.15) is 29.4 Å². The zero-order chi connectivity index (χ0) is 19.1. The van der Waals surface area contributed by atoms with Gasteiger partial charge in [0.25, 0.3) is 0 Å². The first-order chi connectivity index (χ1) is 12.9. The summed E-state index contributed by atoms with van der Waals surface area (Å²) in [4.78, 5) is 18.8. The van der Waals surface area contributed by atoms with Crippen LogP contribution in [0.15, 0.2) is 45.4 Å². The van der Waals surface area contributed by atoms with Gasteiger partial charge >= 0.3 is 0 Å². The Kier molecular flexibility index (Phi) is 4.55. The van der Waals surface area contributed by atoms with Gasteiger partial charge < -0.3 is 9.42 Å². The number of amides is 1. The highest BCUT2D eigenvalue weighted by atomic mass is 79.9. The number of carbonyl (C=O) groups is 1. The van der Waals surface area contributed by atoms with Gasteiger partial charge in [0.05, 0.1) is 10.4 Å². The van der Waals surface area contributed by atoms with Gasteiger partial charge in [-0.05, 0) is 65.2 Å². The van der Waals surface area contributed by atoms with E-state index in [1.807, 2.05) is 32.0 Å². The predicted molar refractivity (Wildman–Crippen MR) is 103 cm³/mol. The van der Waals surface area contributed by atoms with Gasteiger partial charge in [-0.25, -0.2) is 4.39 Å². The van der Waals surface area contributed by atoms with Crippen LogP contribution in [0, 0.1) is 19.7 Å². The molecule has 2 heterocycles. The van der Waals surface area contributed by atoms with Gasteiger partial charge in [-0.15, -0.1) is 0 Å². The molecule has 1 unspecified atom stereocenters. The molecule has 1 atom stereocenters. The van der Waals surface area contributed by atoms with E-state index in [-0.39, 0.29) is 17.6 Å². The van der Waals surface area contributed by atoms with Crippen molar-refractivity contribution < 1.29 is 13.7 Å². The maximum atomic E-state index is 13.4. The Morgan fingerprint density at radius 2 is 2.07 bits per heavy atom. The summed E-state index contributed by atoms with van der Waals surface area (Å²) < 4.78 is 19.2. The Hall–Kier alpha value is -2.54. The summed E-state index contributed by atoms with van der Waals surface area (Å²) in [6.45, 7) is 4.54. The molecule has 0 N–H and O–H groups in total. The molecule has 0 spiro atoms. The zero-order valence-corrected chi connectivity index (χ0v) is 16.5. The third-order valence-corrected chi connectivity index (χ3v) is 5.57. The maximum absolute atomic E-state index is 13.4. The van der Waals surface area contributed by atoms with E-state index in [0.29, 0.717) is 34.7 Å². The first kappa shape index (κ1) is 17.9. The number of anilines is 1. The van der Waals surface area contributed by atoms with Crippen LogP contribution in [0.3, 0.4) is 0 Å². The van der Waals surface area contributed by atoms with Crippen LogP contribution >= 0.6 is 15.9 Å². The van der Waals surface area contributed by atoms with Gasteiger partial charge in [0, 0.05) is 24.2 Å². The van der Waals surface area contributed by atoms with Crippen molar-refractivity contribution in [2.45, 2.75) is 26.2 Å². The van der Waals surface area contributed by atoms with E-state index in [0.717, 1.165) is 16.8 Å². The van der Waals surface area contributed by atoms with Crippen LogP contribution in [0.25, 0.3) is 11.4 Å². The fourth-order valence-electron chi connectivity index (χ4n) is 3.29. The molecule has 0 aliphatic carbocycles. The number of hydrogen-bond acceptors (Lipinski definition) is 4. The lowest BCUT2D eigenvalue weighted by Gasteiger charge is -2.19. The maximum Gasteiger partial charge on any atom is 0.232 e. The average Bonchev–Trinajstić information content (AvgIpc) is 3.27. The SMILES string of the molecule is Cc1cccc(N2CC(c3nc(-c4ccc(F)c(Br)c4)no3)CC2=O)c1C. The molecule has 3 aromatic rings. The second-order valence-corrected chi connectivity index (χ2v) is 7.56. The van der Waals surface area contributed by atoms with Crippen molar-refractivity contribution in [3.63, 3.8) is 0 Å². The fourth-order valence-corrected chi connectivity index (χ4v) is 3.67. The Morgan fingerprint density at radius 3 is 2.85 bits per heavy atom. The number of aryl methyl sites for hydroxylation is 1. The molecule has 0 radical (unpaired) electrons. The summed E-state index contributed by atoms with van der Waals surface area (Å²) in [5.41, 5.74) is 3.80. The Labute approximate surface area is 164 Å². The number of benzene rings is 2. The number of aromatic nitrogens is 2. The first-order valence-corrected chi connectivity index (χ1v) is 9.39. The van der Waals surface area contributed by atoms with Crippen molar-refractivity contribution in [2.75, 3.05) is 11.4 Å². The zero-order valence-electron chi connectivity index (χ0n) is 14.9. The topological polar surface area (TPSA) is 59.2 Å². The minimum atomic E-state index is -0.354. The van der Waals surface area contributed by atoms with E-state index in [2.05, 4.69) is 26.1 Å². The van der Waals surface area contributed by atoms with Crippen molar-refractivity contribution in [3.05, 3.63) is 63.7 Å². The molecule has 1 fully saturated rings. The second kappa shape index (κ2) is 6.88. The monoisotopic (exact) mass is 429 g/mol. The van der Waals surface area contributed by atoms with Crippen LogP contribution in [-0.4, -0.2) is 22.6 Å². The molecule has 1 aliphatic heterocycles. The summed E-state index contributed by atoms with van der Waals surface area (Å²) >= 11 is 3.16. The highest BCUT2D eigenvalue weighted by Crippen LogP contribution is 2.34. The predicted octanol–water partition coefficient (Wildman–Crippen LogP) is 4.78. The number of hydrogen-bond donors (Lipinski definition) is 0. The summed E-state index contributed by atoms with van der Waals surface area (Å²) in [5, 5.41) is 4.00. The van der Waals surface area contributed by atoms with Crippen molar-refractivity contribution in [1.29, 1.82) is 0 Å². The Balaban J connectivity index is 1.59. The number of halogens is 2. The molecule has 138 valence electrons. The van der Waals surface area contributed by atoms with Crippen LogP contribution in [-0.2, 0) is 4.79 Å². The van der Waals surface area contributed by atoms with Crippen molar-refractivity contribution in [1.82, 2.24) is 10.1 Å². The smallest absolute Gasteiger partial charge is 0.232 e. The molecule has 1 aliphatic rings. The van der Waals surface area contributed by atoms with Gasteiger partial charge in [-0.3, -0.25) is 4.79 Å². The highest BCUT2D eigenvalue weighted by molar-refractivity contribution is 9.10. The minimum absolute atomic E-state index is 0.0398. The highest BCUT2D eigenvalue weighted by Gasteiger charge is 2.35. The standard InChI is InChI=1S/C20H17BrFN3O2/c1-11-4-3-5-17(12(11)2)25-10-14(9-18(25)26)20-23-19(24-27-20)13-6-7-16(22)15(21)8-13/h3-8,14H,9-10H2,1-2H3. The number of nitrogens with zero attached hydrogens (tertiary/aromatic N) is 3. The molecule has 0 saturated carbocycles. The lowest BCUT2D eigenvalue weighted by Crippen LogP contribution is -2.25.